The minimum Gasteiger partial charge on any atom is -0.347 e. The highest BCUT2D eigenvalue weighted by Crippen LogP contribution is 2.28. The van der Waals surface area contributed by atoms with E-state index in [0.717, 1.165) is 9.35 Å². The summed E-state index contributed by atoms with van der Waals surface area (Å²) >= 11 is 6.15. The number of halogens is 1. The molecule has 2 aromatic rings. The molecule has 0 saturated carbocycles. The number of hydrogen-bond acceptors (Lipinski definition) is 5. The van der Waals surface area contributed by atoms with Crippen molar-refractivity contribution in [2.75, 3.05) is 6.26 Å². The Balaban J connectivity index is 2.12. The van der Waals surface area contributed by atoms with Gasteiger partial charge in [-0.1, -0.05) is 0 Å². The van der Waals surface area contributed by atoms with Crippen molar-refractivity contribution in [1.29, 1.82) is 0 Å². The van der Waals surface area contributed by atoms with Crippen molar-refractivity contribution >= 4 is 50.6 Å². The number of nitrogens with one attached hydrogen (secondary N) is 1. The molecule has 1 aromatic heterocycles. The van der Waals surface area contributed by atoms with Gasteiger partial charge in [-0.25, -0.2) is 0 Å². The molecule has 0 saturated heterocycles. The molecule has 5 nitrogen and oxygen atoms in total. The number of hydrogen-bond donors (Lipinski definition) is 1. The quantitative estimate of drug-likeness (QED) is 0.477. The maximum absolute atomic E-state index is 12.1. The summed E-state index contributed by atoms with van der Waals surface area (Å²) in [6.07, 6.45) is 1.76. The van der Waals surface area contributed by atoms with Crippen LogP contribution in [0.25, 0.3) is 0 Å². The van der Waals surface area contributed by atoms with Gasteiger partial charge in [-0.2, -0.15) is 0 Å². The van der Waals surface area contributed by atoms with Gasteiger partial charge in [0.1, 0.15) is 0 Å². The van der Waals surface area contributed by atoms with Gasteiger partial charge in [0.25, 0.3) is 11.6 Å². The van der Waals surface area contributed by atoms with Crippen LogP contribution in [0.2, 0.25) is 0 Å². The van der Waals surface area contributed by atoms with Crippen molar-refractivity contribution in [3.63, 3.8) is 0 Å². The van der Waals surface area contributed by atoms with Crippen LogP contribution in [0, 0.1) is 10.1 Å². The maximum Gasteiger partial charge on any atom is 0.283 e. The monoisotopic (exact) mass is 386 g/mol. The smallest absolute Gasteiger partial charge is 0.283 e. The summed E-state index contributed by atoms with van der Waals surface area (Å²) in [5.74, 6) is -0.324. The minimum atomic E-state index is -0.473. The molecule has 0 radical (unpaired) electrons. The van der Waals surface area contributed by atoms with Crippen molar-refractivity contribution in [3.8, 4) is 0 Å². The Morgan fingerprint density at radius 3 is 2.81 bits per heavy atom. The maximum atomic E-state index is 12.1. The fourth-order valence-corrected chi connectivity index (χ4v) is 3.63. The van der Waals surface area contributed by atoms with Crippen LogP contribution in [0.1, 0.15) is 15.2 Å². The third kappa shape index (κ3) is 4.05. The van der Waals surface area contributed by atoms with Crippen LogP contribution in [-0.4, -0.2) is 17.1 Å². The van der Waals surface area contributed by atoms with E-state index < -0.39 is 4.92 Å². The van der Waals surface area contributed by atoms with E-state index in [4.69, 9.17) is 0 Å². The third-order valence-corrected chi connectivity index (χ3v) is 5.17. The number of thioether (sulfide) groups is 1. The Morgan fingerprint density at radius 2 is 2.24 bits per heavy atom. The fourth-order valence-electron chi connectivity index (χ4n) is 1.69. The van der Waals surface area contributed by atoms with Crippen LogP contribution < -0.4 is 5.32 Å². The summed E-state index contributed by atoms with van der Waals surface area (Å²) in [6, 6.07) is 6.42. The molecule has 21 heavy (non-hydrogen) atoms. The van der Waals surface area contributed by atoms with Gasteiger partial charge in [0.2, 0.25) is 0 Å². The molecule has 0 unspecified atom stereocenters. The zero-order chi connectivity index (χ0) is 15.4. The van der Waals surface area contributed by atoms with E-state index in [1.54, 1.807) is 18.4 Å². The lowest BCUT2D eigenvalue weighted by Gasteiger charge is -2.05. The first-order valence-electron chi connectivity index (χ1n) is 5.85. The van der Waals surface area contributed by atoms with Gasteiger partial charge in [0.05, 0.1) is 16.4 Å². The topological polar surface area (TPSA) is 72.2 Å². The molecular weight excluding hydrogens is 376 g/mol. The summed E-state index contributed by atoms with van der Waals surface area (Å²) in [5, 5.41) is 15.7. The van der Waals surface area contributed by atoms with Gasteiger partial charge in [-0.15, -0.1) is 23.1 Å². The molecule has 2 rings (SSSR count). The number of nitro groups is 1. The molecule has 0 aliphatic rings. The van der Waals surface area contributed by atoms with Gasteiger partial charge in [-0.3, -0.25) is 14.9 Å². The van der Waals surface area contributed by atoms with E-state index in [1.165, 1.54) is 29.2 Å². The highest BCUT2D eigenvalue weighted by atomic mass is 79.9. The van der Waals surface area contributed by atoms with Crippen LogP contribution in [0.15, 0.2) is 39.0 Å². The van der Waals surface area contributed by atoms with Crippen molar-refractivity contribution in [3.05, 3.63) is 54.7 Å². The first kappa shape index (κ1) is 16.0. The lowest BCUT2D eigenvalue weighted by atomic mass is 10.2. The molecule has 8 heteroatoms. The molecule has 0 bridgehead atoms. The van der Waals surface area contributed by atoms with Crippen LogP contribution in [0.4, 0.5) is 5.69 Å². The summed E-state index contributed by atoms with van der Waals surface area (Å²) in [4.78, 5) is 24.1. The molecule has 110 valence electrons. The third-order valence-electron chi connectivity index (χ3n) is 2.68. The lowest BCUT2D eigenvalue weighted by molar-refractivity contribution is -0.387. The summed E-state index contributed by atoms with van der Waals surface area (Å²) in [5.41, 5.74) is 0.240. The standard InChI is InChI=1S/C13H11BrN2O3S2/c1-20-12-3-2-8(4-11(12)16(18)19)13(17)15-6-10-5-9(14)7-21-10/h2-5,7H,6H2,1H3,(H,15,17). The molecule has 0 atom stereocenters. The van der Waals surface area contributed by atoms with E-state index in [2.05, 4.69) is 21.2 Å². The van der Waals surface area contributed by atoms with Gasteiger partial charge >= 0.3 is 0 Å². The molecule has 1 heterocycles. The van der Waals surface area contributed by atoms with E-state index >= 15 is 0 Å². The second-order valence-corrected chi connectivity index (χ2v) is 6.82. The first-order valence-corrected chi connectivity index (χ1v) is 8.74. The fraction of sp³-hybridized carbons (Fsp3) is 0.154. The average molecular weight is 387 g/mol. The van der Waals surface area contributed by atoms with Crippen molar-refractivity contribution in [2.24, 2.45) is 0 Å². The number of nitro benzene ring substituents is 1. The number of carbonyl (C=O) groups excluding carboxylic acids is 1. The van der Waals surface area contributed by atoms with Crippen LogP contribution in [-0.2, 0) is 6.54 Å². The van der Waals surface area contributed by atoms with Crippen molar-refractivity contribution < 1.29 is 9.72 Å². The molecule has 0 spiro atoms. The van der Waals surface area contributed by atoms with Crippen LogP contribution >= 0.6 is 39.0 Å². The summed E-state index contributed by atoms with van der Waals surface area (Å²) in [6.45, 7) is 0.396. The number of rotatable bonds is 5. The molecule has 0 aliphatic heterocycles. The van der Waals surface area contributed by atoms with E-state index in [1.807, 2.05) is 11.4 Å². The SMILES string of the molecule is CSc1ccc(C(=O)NCc2cc(Br)cs2)cc1[N+](=O)[O-]. The zero-order valence-electron chi connectivity index (χ0n) is 11.0. The highest BCUT2D eigenvalue weighted by Gasteiger charge is 2.17. The van der Waals surface area contributed by atoms with Gasteiger partial charge in [-0.05, 0) is 40.4 Å². The van der Waals surface area contributed by atoms with Crippen molar-refractivity contribution in [1.82, 2.24) is 5.32 Å². The second kappa shape index (κ2) is 7.06. The lowest BCUT2D eigenvalue weighted by Crippen LogP contribution is -2.22. The van der Waals surface area contributed by atoms with E-state index in [0.29, 0.717) is 11.4 Å². The molecule has 0 fully saturated rings. The Morgan fingerprint density at radius 1 is 1.48 bits per heavy atom. The number of benzene rings is 1. The summed E-state index contributed by atoms with van der Waals surface area (Å²) in [7, 11) is 0. The average Bonchev–Trinajstić information content (AvgIpc) is 2.89. The highest BCUT2D eigenvalue weighted by molar-refractivity contribution is 9.10. The van der Waals surface area contributed by atoms with Gasteiger partial charge in [0, 0.05) is 26.4 Å². The second-order valence-electron chi connectivity index (χ2n) is 4.06. The van der Waals surface area contributed by atoms with Crippen molar-refractivity contribution in [2.45, 2.75) is 11.4 Å². The Kier molecular flexibility index (Phi) is 5.38. The predicted molar refractivity (Wildman–Crippen MR) is 88.1 cm³/mol. The number of carbonyl (C=O) groups is 1. The Labute approximate surface area is 138 Å². The normalized spacial score (nSPS) is 10.4. The number of nitrogens with zero attached hydrogens (tertiary/aromatic N) is 1. The number of amides is 1. The van der Waals surface area contributed by atoms with Crippen LogP contribution in [0.5, 0.6) is 0 Å². The van der Waals surface area contributed by atoms with Crippen LogP contribution in [0.3, 0.4) is 0 Å². The Bertz CT molecular complexity index is 688. The summed E-state index contributed by atoms with van der Waals surface area (Å²) < 4.78 is 0.969. The molecule has 0 aliphatic carbocycles. The van der Waals surface area contributed by atoms with Gasteiger partial charge in [0.15, 0.2) is 0 Å². The molecule has 1 amide bonds. The number of thiophene rings is 1. The van der Waals surface area contributed by atoms with Gasteiger partial charge < -0.3 is 5.32 Å². The Hall–Kier alpha value is -1.38. The predicted octanol–water partition coefficient (Wildman–Crippen LogP) is 4.07. The molecule has 1 N–H and O–H groups in total. The molecular formula is C13H11BrN2O3S2. The minimum absolute atomic E-state index is 0.0472. The van der Waals surface area contributed by atoms with E-state index in [9.17, 15) is 14.9 Å². The molecule has 1 aromatic carbocycles. The van der Waals surface area contributed by atoms with E-state index in [-0.39, 0.29) is 17.2 Å². The largest absolute Gasteiger partial charge is 0.347 e. The zero-order valence-corrected chi connectivity index (χ0v) is 14.2. The first-order chi connectivity index (χ1) is 10.0.